The summed E-state index contributed by atoms with van der Waals surface area (Å²) < 4.78 is 1.01. The van der Waals surface area contributed by atoms with E-state index in [4.69, 9.17) is 5.26 Å². The van der Waals surface area contributed by atoms with Gasteiger partial charge in [0.25, 0.3) is 0 Å². The fraction of sp³-hybridized carbons (Fsp3) is 0.100. The van der Waals surface area contributed by atoms with E-state index in [9.17, 15) is 5.11 Å². The van der Waals surface area contributed by atoms with Gasteiger partial charge in [-0.1, -0.05) is 15.9 Å². The maximum atomic E-state index is 9.73. The summed E-state index contributed by atoms with van der Waals surface area (Å²) in [7, 11) is 0. The lowest BCUT2D eigenvalue weighted by atomic mass is 10.1. The van der Waals surface area contributed by atoms with Crippen molar-refractivity contribution >= 4 is 37.4 Å². The lowest BCUT2D eigenvalue weighted by Crippen LogP contribution is -1.75. The van der Waals surface area contributed by atoms with E-state index in [0.717, 1.165) is 20.3 Å². The number of phenols is 1. The molecule has 0 aliphatic rings. The fourth-order valence-electron chi connectivity index (χ4n) is 1.31. The molecule has 1 heterocycles. The summed E-state index contributed by atoms with van der Waals surface area (Å²) >= 11 is 4.97. The van der Waals surface area contributed by atoms with E-state index in [1.807, 2.05) is 18.2 Å². The molecule has 0 bridgehead atoms. The predicted octanol–water partition coefficient (Wildman–Crippen LogP) is 3.37. The van der Waals surface area contributed by atoms with Gasteiger partial charge in [-0.15, -0.1) is 11.3 Å². The van der Waals surface area contributed by atoms with E-state index in [2.05, 4.69) is 15.9 Å². The third kappa shape index (κ3) is 1.39. The first kappa shape index (κ1) is 9.50. The van der Waals surface area contributed by atoms with Gasteiger partial charge in [0.1, 0.15) is 11.8 Å². The number of hydrogen-bond acceptors (Lipinski definition) is 3. The van der Waals surface area contributed by atoms with E-state index >= 15 is 0 Å². The van der Waals surface area contributed by atoms with E-state index in [0.29, 0.717) is 5.56 Å². The van der Waals surface area contributed by atoms with Crippen molar-refractivity contribution in [2.24, 2.45) is 0 Å². The van der Waals surface area contributed by atoms with Gasteiger partial charge in [0.05, 0.1) is 5.56 Å². The standard InChI is InChI=1S/C10H6BrNOS/c11-4-7-3-8-9(14-7)2-1-6(5-12)10(8)13/h1-3,13H,4H2. The van der Waals surface area contributed by atoms with E-state index in [1.165, 1.54) is 0 Å². The summed E-state index contributed by atoms with van der Waals surface area (Å²) in [5.41, 5.74) is 0.330. The van der Waals surface area contributed by atoms with Gasteiger partial charge in [-0.25, -0.2) is 0 Å². The van der Waals surface area contributed by atoms with Crippen molar-refractivity contribution in [3.8, 4) is 11.8 Å². The van der Waals surface area contributed by atoms with Crippen LogP contribution in [0.1, 0.15) is 10.4 Å². The van der Waals surface area contributed by atoms with Gasteiger partial charge < -0.3 is 5.11 Å². The quantitative estimate of drug-likeness (QED) is 0.806. The molecule has 14 heavy (non-hydrogen) atoms. The summed E-state index contributed by atoms with van der Waals surface area (Å²) in [6.07, 6.45) is 0. The molecule has 2 rings (SSSR count). The first-order valence-corrected chi connectivity index (χ1v) is 5.90. The molecule has 0 atom stereocenters. The molecule has 2 aromatic rings. The zero-order valence-corrected chi connectivity index (χ0v) is 9.52. The first-order valence-electron chi connectivity index (χ1n) is 3.96. The average Bonchev–Trinajstić information content (AvgIpc) is 2.62. The van der Waals surface area contributed by atoms with Gasteiger partial charge in [0.15, 0.2) is 0 Å². The average molecular weight is 268 g/mol. The molecule has 0 fully saturated rings. The molecule has 1 aromatic heterocycles. The maximum Gasteiger partial charge on any atom is 0.142 e. The molecule has 0 aliphatic carbocycles. The Balaban J connectivity index is 2.76. The van der Waals surface area contributed by atoms with Crippen LogP contribution in [0.2, 0.25) is 0 Å². The third-order valence-electron chi connectivity index (χ3n) is 1.98. The van der Waals surface area contributed by atoms with Crippen molar-refractivity contribution in [2.45, 2.75) is 5.33 Å². The number of halogens is 1. The number of aromatic hydroxyl groups is 1. The van der Waals surface area contributed by atoms with E-state index in [1.54, 1.807) is 17.4 Å². The highest BCUT2D eigenvalue weighted by Crippen LogP contribution is 2.35. The SMILES string of the molecule is N#Cc1ccc2sc(CBr)cc2c1O. The lowest BCUT2D eigenvalue weighted by molar-refractivity contribution is 0.480. The summed E-state index contributed by atoms with van der Waals surface area (Å²) in [5, 5.41) is 20.0. The molecular formula is C10H6BrNOS. The third-order valence-corrected chi connectivity index (χ3v) is 4.05. The Morgan fingerprint density at radius 2 is 2.29 bits per heavy atom. The van der Waals surface area contributed by atoms with Crippen molar-refractivity contribution in [3.63, 3.8) is 0 Å². The van der Waals surface area contributed by atoms with Crippen LogP contribution in [-0.4, -0.2) is 5.11 Å². The number of thiophene rings is 1. The molecule has 70 valence electrons. The van der Waals surface area contributed by atoms with Crippen LogP contribution in [0.15, 0.2) is 18.2 Å². The number of fused-ring (bicyclic) bond motifs is 1. The number of nitrogens with zero attached hydrogens (tertiary/aromatic N) is 1. The Kier molecular flexibility index (Phi) is 2.44. The Labute approximate surface area is 93.5 Å². The molecule has 0 saturated heterocycles. The summed E-state index contributed by atoms with van der Waals surface area (Å²) in [6, 6.07) is 7.38. The van der Waals surface area contributed by atoms with Crippen molar-refractivity contribution in [1.29, 1.82) is 5.26 Å². The van der Waals surface area contributed by atoms with Crippen LogP contribution < -0.4 is 0 Å². The number of benzene rings is 1. The molecule has 0 saturated carbocycles. The normalized spacial score (nSPS) is 10.3. The fourth-order valence-corrected chi connectivity index (χ4v) is 2.73. The zero-order chi connectivity index (χ0) is 10.1. The molecular weight excluding hydrogens is 262 g/mol. The number of alkyl halides is 1. The van der Waals surface area contributed by atoms with Gasteiger partial charge in [-0.3, -0.25) is 0 Å². The van der Waals surface area contributed by atoms with E-state index in [-0.39, 0.29) is 5.75 Å². The highest BCUT2D eigenvalue weighted by atomic mass is 79.9. The largest absolute Gasteiger partial charge is 0.506 e. The number of hydrogen-bond donors (Lipinski definition) is 1. The molecule has 1 aromatic carbocycles. The highest BCUT2D eigenvalue weighted by Gasteiger charge is 2.08. The van der Waals surface area contributed by atoms with Gasteiger partial charge in [-0.05, 0) is 18.2 Å². The number of nitriles is 1. The molecule has 0 unspecified atom stereocenters. The summed E-state index contributed by atoms with van der Waals surface area (Å²) in [6.45, 7) is 0. The van der Waals surface area contributed by atoms with Gasteiger partial charge in [0.2, 0.25) is 0 Å². The van der Waals surface area contributed by atoms with Crippen LogP contribution in [0.5, 0.6) is 5.75 Å². The minimum absolute atomic E-state index is 0.0912. The molecule has 0 amide bonds. The summed E-state index contributed by atoms with van der Waals surface area (Å²) in [4.78, 5) is 1.14. The highest BCUT2D eigenvalue weighted by molar-refractivity contribution is 9.08. The molecule has 0 spiro atoms. The van der Waals surface area contributed by atoms with Crippen LogP contribution in [-0.2, 0) is 5.33 Å². The van der Waals surface area contributed by atoms with Crippen LogP contribution in [0.4, 0.5) is 0 Å². The zero-order valence-electron chi connectivity index (χ0n) is 7.12. The van der Waals surface area contributed by atoms with Gasteiger partial charge in [0, 0.05) is 20.3 Å². The predicted molar refractivity (Wildman–Crippen MR) is 60.8 cm³/mol. The van der Waals surface area contributed by atoms with Gasteiger partial charge >= 0.3 is 0 Å². The van der Waals surface area contributed by atoms with Crippen LogP contribution >= 0.6 is 27.3 Å². The van der Waals surface area contributed by atoms with Crippen LogP contribution in [0.25, 0.3) is 10.1 Å². The van der Waals surface area contributed by atoms with Crippen molar-refractivity contribution in [2.75, 3.05) is 0 Å². The second-order valence-corrected chi connectivity index (χ2v) is 4.56. The number of rotatable bonds is 1. The van der Waals surface area contributed by atoms with E-state index < -0.39 is 0 Å². The number of phenolic OH excluding ortho intramolecular Hbond substituents is 1. The Bertz CT molecular complexity index is 527. The Morgan fingerprint density at radius 3 is 2.93 bits per heavy atom. The van der Waals surface area contributed by atoms with Crippen LogP contribution in [0.3, 0.4) is 0 Å². The molecule has 1 N–H and O–H groups in total. The minimum atomic E-state index is 0.0912. The smallest absolute Gasteiger partial charge is 0.142 e. The Hall–Kier alpha value is -1.05. The topological polar surface area (TPSA) is 44.0 Å². The van der Waals surface area contributed by atoms with Crippen molar-refractivity contribution in [1.82, 2.24) is 0 Å². The maximum absolute atomic E-state index is 9.73. The second-order valence-electron chi connectivity index (χ2n) is 2.83. The molecule has 0 aliphatic heterocycles. The second kappa shape index (κ2) is 3.60. The lowest BCUT2D eigenvalue weighted by Gasteiger charge is -1.95. The molecule has 4 heteroatoms. The molecule has 0 radical (unpaired) electrons. The first-order chi connectivity index (χ1) is 6.76. The Morgan fingerprint density at radius 1 is 1.50 bits per heavy atom. The van der Waals surface area contributed by atoms with Crippen molar-refractivity contribution < 1.29 is 5.11 Å². The molecule has 2 nitrogen and oxygen atoms in total. The van der Waals surface area contributed by atoms with Crippen LogP contribution in [0, 0.1) is 11.3 Å². The monoisotopic (exact) mass is 267 g/mol. The van der Waals surface area contributed by atoms with Crippen molar-refractivity contribution in [3.05, 3.63) is 28.6 Å². The minimum Gasteiger partial charge on any atom is -0.506 e. The summed E-state index contributed by atoms with van der Waals surface area (Å²) in [5.74, 6) is 0.0912. The van der Waals surface area contributed by atoms with Gasteiger partial charge in [-0.2, -0.15) is 5.26 Å².